The fourth-order valence-electron chi connectivity index (χ4n) is 3.33. The minimum atomic E-state index is 0.0354. The van der Waals surface area contributed by atoms with Crippen LogP contribution in [0.3, 0.4) is 0 Å². The molecule has 0 bridgehead atoms. The fraction of sp³-hybridized carbons (Fsp3) is 0.882. The third-order valence-electron chi connectivity index (χ3n) is 4.74. The molecule has 0 spiro atoms. The van der Waals surface area contributed by atoms with Crippen LogP contribution in [0.4, 0.5) is 0 Å². The summed E-state index contributed by atoms with van der Waals surface area (Å²) in [6.07, 6.45) is 3.58. The Hall–Kier alpha value is -1.30. The smallest absolute Gasteiger partial charge is 0.243 e. The Morgan fingerprint density at radius 2 is 1.96 bits per heavy atom. The van der Waals surface area contributed by atoms with E-state index in [9.17, 15) is 4.79 Å². The van der Waals surface area contributed by atoms with Crippen molar-refractivity contribution in [3.63, 3.8) is 0 Å². The van der Waals surface area contributed by atoms with Gasteiger partial charge in [-0.25, -0.2) is 4.99 Å². The summed E-state index contributed by atoms with van der Waals surface area (Å²) >= 11 is 0. The monoisotopic (exact) mass is 324 g/mol. The molecule has 132 valence electrons. The molecule has 2 heterocycles. The second-order valence-electron chi connectivity index (χ2n) is 7.17. The minimum Gasteiger partial charge on any atom is -0.381 e. The number of hydrogen-bond acceptors (Lipinski definition) is 3. The largest absolute Gasteiger partial charge is 0.381 e. The molecule has 0 aromatic carbocycles. The molecule has 0 aromatic rings. The van der Waals surface area contributed by atoms with Crippen molar-refractivity contribution in [2.45, 2.75) is 39.2 Å². The lowest BCUT2D eigenvalue weighted by molar-refractivity contribution is -0.127. The third kappa shape index (κ3) is 5.37. The quantitative estimate of drug-likeness (QED) is 0.623. The van der Waals surface area contributed by atoms with E-state index in [1.807, 2.05) is 0 Å². The number of likely N-dealkylation sites (N-methyl/N-ethyl adjacent to an activating group) is 1. The zero-order valence-electron chi connectivity index (χ0n) is 15.0. The molecule has 23 heavy (non-hydrogen) atoms. The Bertz CT molecular complexity index is 417. The Morgan fingerprint density at radius 1 is 1.26 bits per heavy atom. The number of nitrogens with one attached hydrogen (secondary N) is 1. The maximum Gasteiger partial charge on any atom is 0.243 e. The van der Waals surface area contributed by atoms with Gasteiger partial charge in [0.15, 0.2) is 5.96 Å². The first kappa shape index (κ1) is 18.0. The lowest BCUT2D eigenvalue weighted by Crippen LogP contribution is -2.44. The number of amides is 1. The molecule has 1 N–H and O–H groups in total. The Kier molecular flexibility index (Phi) is 6.69. The fourth-order valence-corrected chi connectivity index (χ4v) is 3.33. The van der Waals surface area contributed by atoms with E-state index in [2.05, 4.69) is 29.1 Å². The van der Waals surface area contributed by atoms with Crippen molar-refractivity contribution in [3.8, 4) is 0 Å². The lowest BCUT2D eigenvalue weighted by atomic mass is 9.85. The van der Waals surface area contributed by atoms with Gasteiger partial charge in [-0.2, -0.15) is 0 Å². The molecule has 2 aliphatic rings. The first-order chi connectivity index (χ1) is 11.0. The van der Waals surface area contributed by atoms with E-state index < -0.39 is 0 Å². The molecule has 2 saturated heterocycles. The van der Waals surface area contributed by atoms with Crippen molar-refractivity contribution in [3.05, 3.63) is 0 Å². The van der Waals surface area contributed by atoms with Gasteiger partial charge in [0, 0.05) is 46.4 Å². The standard InChI is InChI=1S/C17H32N4O2/c1-13(2)19-17(18-11-16(22)20(3)4)21-8-5-15(12-21)14-6-9-23-10-7-14/h13-15H,5-12H2,1-4H3,(H,18,19). The Labute approximate surface area is 140 Å². The molecule has 2 aliphatic heterocycles. The summed E-state index contributed by atoms with van der Waals surface area (Å²) < 4.78 is 5.48. The highest BCUT2D eigenvalue weighted by Crippen LogP contribution is 2.31. The van der Waals surface area contributed by atoms with Gasteiger partial charge in [-0.15, -0.1) is 0 Å². The molecule has 1 unspecified atom stereocenters. The lowest BCUT2D eigenvalue weighted by Gasteiger charge is -2.28. The van der Waals surface area contributed by atoms with Gasteiger partial charge >= 0.3 is 0 Å². The predicted octanol–water partition coefficient (Wildman–Crippen LogP) is 1.18. The molecule has 2 fully saturated rings. The first-order valence-corrected chi connectivity index (χ1v) is 8.81. The summed E-state index contributed by atoms with van der Waals surface area (Å²) in [6.45, 7) is 8.30. The number of nitrogens with zero attached hydrogens (tertiary/aromatic N) is 3. The molecular weight excluding hydrogens is 292 g/mol. The molecular formula is C17H32N4O2. The number of hydrogen-bond donors (Lipinski definition) is 1. The molecule has 0 saturated carbocycles. The van der Waals surface area contributed by atoms with Crippen molar-refractivity contribution in [2.75, 3.05) is 46.9 Å². The number of aliphatic imine (C=N–C) groups is 1. The highest BCUT2D eigenvalue weighted by molar-refractivity contribution is 5.85. The molecule has 1 amide bonds. The van der Waals surface area contributed by atoms with E-state index in [4.69, 9.17) is 4.74 Å². The Balaban J connectivity index is 1.96. The summed E-state index contributed by atoms with van der Waals surface area (Å²) in [5, 5.41) is 3.42. The number of likely N-dealkylation sites (tertiary alicyclic amines) is 1. The normalized spacial score (nSPS) is 23.4. The van der Waals surface area contributed by atoms with Crippen LogP contribution >= 0.6 is 0 Å². The summed E-state index contributed by atoms with van der Waals surface area (Å²) in [7, 11) is 3.54. The summed E-state index contributed by atoms with van der Waals surface area (Å²) in [5.74, 6) is 2.41. The van der Waals surface area contributed by atoms with Crippen LogP contribution in [0.5, 0.6) is 0 Å². The maximum absolute atomic E-state index is 11.8. The molecule has 6 heteroatoms. The summed E-state index contributed by atoms with van der Waals surface area (Å²) in [6, 6.07) is 0.310. The van der Waals surface area contributed by atoms with Crippen LogP contribution in [-0.2, 0) is 9.53 Å². The van der Waals surface area contributed by atoms with Gasteiger partial charge in [0.25, 0.3) is 0 Å². The molecule has 6 nitrogen and oxygen atoms in total. The van der Waals surface area contributed by atoms with Gasteiger partial charge < -0.3 is 19.9 Å². The van der Waals surface area contributed by atoms with Crippen LogP contribution in [0, 0.1) is 11.8 Å². The van der Waals surface area contributed by atoms with E-state index in [0.717, 1.165) is 44.1 Å². The molecule has 0 aliphatic carbocycles. The highest BCUT2D eigenvalue weighted by atomic mass is 16.5. The van der Waals surface area contributed by atoms with Crippen LogP contribution in [0.1, 0.15) is 33.1 Å². The second kappa shape index (κ2) is 8.52. The van der Waals surface area contributed by atoms with E-state index in [-0.39, 0.29) is 12.5 Å². The zero-order valence-corrected chi connectivity index (χ0v) is 15.0. The van der Waals surface area contributed by atoms with Crippen molar-refractivity contribution >= 4 is 11.9 Å². The third-order valence-corrected chi connectivity index (χ3v) is 4.74. The van der Waals surface area contributed by atoms with Crippen molar-refractivity contribution in [1.29, 1.82) is 0 Å². The predicted molar refractivity (Wildman–Crippen MR) is 92.5 cm³/mol. The molecule has 0 aromatic heterocycles. The van der Waals surface area contributed by atoms with Crippen molar-refractivity contribution in [2.24, 2.45) is 16.8 Å². The molecule has 1 atom stereocenters. The molecule has 0 radical (unpaired) electrons. The minimum absolute atomic E-state index is 0.0354. The van der Waals surface area contributed by atoms with Gasteiger partial charge in [-0.1, -0.05) is 0 Å². The topological polar surface area (TPSA) is 57.2 Å². The van der Waals surface area contributed by atoms with Gasteiger partial charge in [0.2, 0.25) is 5.91 Å². The van der Waals surface area contributed by atoms with Crippen LogP contribution in [0.2, 0.25) is 0 Å². The van der Waals surface area contributed by atoms with Gasteiger partial charge in [0.05, 0.1) is 0 Å². The number of carbonyl (C=O) groups excluding carboxylic acids is 1. The first-order valence-electron chi connectivity index (χ1n) is 8.81. The van der Waals surface area contributed by atoms with Gasteiger partial charge in [-0.3, -0.25) is 4.79 Å². The zero-order chi connectivity index (χ0) is 16.8. The number of guanidine groups is 1. The number of carbonyl (C=O) groups is 1. The number of rotatable bonds is 4. The maximum atomic E-state index is 11.8. The Morgan fingerprint density at radius 3 is 2.57 bits per heavy atom. The SMILES string of the molecule is CC(C)NC(=NCC(=O)N(C)C)N1CCC(C2CCOCC2)C1. The summed E-state index contributed by atoms with van der Waals surface area (Å²) in [4.78, 5) is 20.3. The van der Waals surface area contributed by atoms with Gasteiger partial charge in [0.1, 0.15) is 6.54 Å². The van der Waals surface area contributed by atoms with E-state index in [1.165, 1.54) is 19.3 Å². The van der Waals surface area contributed by atoms with Gasteiger partial charge in [-0.05, 0) is 44.9 Å². The number of ether oxygens (including phenoxy) is 1. The average molecular weight is 324 g/mol. The highest BCUT2D eigenvalue weighted by Gasteiger charge is 2.32. The van der Waals surface area contributed by atoms with Crippen LogP contribution < -0.4 is 5.32 Å². The van der Waals surface area contributed by atoms with Crippen molar-refractivity contribution < 1.29 is 9.53 Å². The average Bonchev–Trinajstić information content (AvgIpc) is 3.01. The van der Waals surface area contributed by atoms with Crippen molar-refractivity contribution in [1.82, 2.24) is 15.1 Å². The van der Waals surface area contributed by atoms with E-state index in [1.54, 1.807) is 19.0 Å². The van der Waals surface area contributed by atoms with Crippen LogP contribution in [0.25, 0.3) is 0 Å². The van der Waals surface area contributed by atoms with Crippen LogP contribution in [-0.4, -0.2) is 74.7 Å². The molecule has 2 rings (SSSR count). The summed E-state index contributed by atoms with van der Waals surface area (Å²) in [5.41, 5.74) is 0. The van der Waals surface area contributed by atoms with E-state index >= 15 is 0 Å². The second-order valence-corrected chi connectivity index (χ2v) is 7.17. The van der Waals surface area contributed by atoms with Crippen LogP contribution in [0.15, 0.2) is 4.99 Å². The van der Waals surface area contributed by atoms with E-state index in [0.29, 0.717) is 6.04 Å².